The molecule has 9 nitrogen and oxygen atoms in total. The minimum Gasteiger partial charge on any atom is -0.497 e. The Morgan fingerprint density at radius 1 is 1.00 bits per heavy atom. The van der Waals surface area contributed by atoms with Gasteiger partial charge in [-0.1, -0.05) is 30.0 Å². The smallest absolute Gasteiger partial charge is 0.234 e. The minimum atomic E-state index is -0.221. The van der Waals surface area contributed by atoms with E-state index in [1.165, 1.54) is 18.9 Å². The molecule has 0 atom stereocenters. The van der Waals surface area contributed by atoms with Crippen molar-refractivity contribution < 1.29 is 19.0 Å². The fourth-order valence-corrected chi connectivity index (χ4v) is 4.09. The third-order valence-corrected chi connectivity index (χ3v) is 6.01. The Labute approximate surface area is 212 Å². The molecule has 0 unspecified atom stereocenters. The van der Waals surface area contributed by atoms with Gasteiger partial charge in [-0.2, -0.15) is 5.26 Å². The van der Waals surface area contributed by atoms with Crippen molar-refractivity contribution >= 4 is 23.4 Å². The summed E-state index contributed by atoms with van der Waals surface area (Å²) in [4.78, 5) is 12.7. The summed E-state index contributed by atoms with van der Waals surface area (Å²) >= 11 is 1.26. The number of hydrogen-bond acceptors (Lipinski definition) is 8. The van der Waals surface area contributed by atoms with E-state index in [0.29, 0.717) is 39.5 Å². The molecule has 1 heterocycles. The second-order valence-electron chi connectivity index (χ2n) is 7.40. The van der Waals surface area contributed by atoms with Crippen LogP contribution in [0.4, 0.5) is 5.69 Å². The summed E-state index contributed by atoms with van der Waals surface area (Å²) < 4.78 is 18.3. The molecule has 1 aromatic heterocycles. The first-order valence-electron chi connectivity index (χ1n) is 10.9. The van der Waals surface area contributed by atoms with Crippen LogP contribution in [0.2, 0.25) is 0 Å². The summed E-state index contributed by atoms with van der Waals surface area (Å²) in [6.07, 6.45) is 0. The number of carbonyl (C=O) groups is 1. The number of aromatic nitrogens is 3. The van der Waals surface area contributed by atoms with Crippen LogP contribution >= 0.6 is 11.8 Å². The number of methoxy groups -OCH3 is 2. The molecule has 0 saturated carbocycles. The first-order valence-corrected chi connectivity index (χ1v) is 11.9. The van der Waals surface area contributed by atoms with Crippen LogP contribution in [0, 0.1) is 11.3 Å². The molecule has 0 aliphatic carbocycles. The van der Waals surface area contributed by atoms with E-state index in [0.717, 1.165) is 5.69 Å². The van der Waals surface area contributed by atoms with Gasteiger partial charge >= 0.3 is 0 Å². The molecule has 0 aliphatic rings. The summed E-state index contributed by atoms with van der Waals surface area (Å²) in [7, 11) is 3.10. The Hall–Kier alpha value is -4.49. The predicted octanol–water partition coefficient (Wildman–Crippen LogP) is 4.47. The maximum atomic E-state index is 12.7. The van der Waals surface area contributed by atoms with E-state index in [4.69, 9.17) is 19.5 Å². The second-order valence-corrected chi connectivity index (χ2v) is 8.34. The number of nitriles is 1. The number of anilines is 1. The van der Waals surface area contributed by atoms with Gasteiger partial charge in [-0.3, -0.25) is 9.36 Å². The van der Waals surface area contributed by atoms with Gasteiger partial charge < -0.3 is 19.5 Å². The topological polar surface area (TPSA) is 111 Å². The summed E-state index contributed by atoms with van der Waals surface area (Å²) in [5.74, 6) is 2.20. The lowest BCUT2D eigenvalue weighted by atomic mass is 10.2. The van der Waals surface area contributed by atoms with Crippen molar-refractivity contribution in [3.63, 3.8) is 0 Å². The number of amides is 1. The van der Waals surface area contributed by atoms with Gasteiger partial charge in [0.05, 0.1) is 37.3 Å². The predicted molar refractivity (Wildman–Crippen MR) is 136 cm³/mol. The molecule has 10 heteroatoms. The molecule has 0 aliphatic heterocycles. The first kappa shape index (κ1) is 24.6. The Bertz CT molecular complexity index is 1370. The van der Waals surface area contributed by atoms with Gasteiger partial charge in [0.15, 0.2) is 11.0 Å². The van der Waals surface area contributed by atoms with Gasteiger partial charge in [0, 0.05) is 11.8 Å². The Morgan fingerprint density at radius 3 is 2.44 bits per heavy atom. The molecule has 0 fully saturated rings. The lowest BCUT2D eigenvalue weighted by Gasteiger charge is -2.12. The largest absolute Gasteiger partial charge is 0.497 e. The zero-order valence-corrected chi connectivity index (χ0v) is 20.5. The molecule has 1 amide bonds. The minimum absolute atomic E-state index is 0.108. The van der Waals surface area contributed by atoms with Gasteiger partial charge in [0.2, 0.25) is 5.91 Å². The van der Waals surface area contributed by atoms with Crippen LogP contribution in [-0.2, 0) is 11.4 Å². The van der Waals surface area contributed by atoms with Gasteiger partial charge in [0.25, 0.3) is 0 Å². The van der Waals surface area contributed by atoms with Crippen LogP contribution in [0.15, 0.2) is 78.0 Å². The van der Waals surface area contributed by atoms with Crippen molar-refractivity contribution in [3.8, 4) is 29.0 Å². The maximum Gasteiger partial charge on any atom is 0.234 e. The average molecular weight is 502 g/mol. The number of ether oxygens (including phenoxy) is 3. The van der Waals surface area contributed by atoms with Crippen molar-refractivity contribution in [2.45, 2.75) is 11.8 Å². The van der Waals surface area contributed by atoms with E-state index < -0.39 is 0 Å². The van der Waals surface area contributed by atoms with Crippen LogP contribution in [0.5, 0.6) is 17.2 Å². The highest BCUT2D eigenvalue weighted by Crippen LogP contribution is 2.30. The fourth-order valence-electron chi connectivity index (χ4n) is 3.32. The van der Waals surface area contributed by atoms with Gasteiger partial charge in [-0.05, 0) is 48.5 Å². The van der Waals surface area contributed by atoms with E-state index in [2.05, 4.69) is 21.6 Å². The second kappa shape index (κ2) is 11.8. The Morgan fingerprint density at radius 2 is 1.75 bits per heavy atom. The number of carbonyl (C=O) groups excluding carboxylic acids is 1. The molecule has 4 rings (SSSR count). The van der Waals surface area contributed by atoms with E-state index in [1.807, 2.05) is 34.9 Å². The monoisotopic (exact) mass is 501 g/mol. The standard InChI is InChI=1S/C26H23N5O4S/c1-33-21-12-13-22(23(14-21)34-2)28-25(32)17-36-26-30-29-24(31(26)19-6-4-3-5-7-19)16-35-20-10-8-18(15-27)9-11-20/h3-14H,16-17H2,1-2H3,(H,28,32). The number of para-hydroxylation sites is 1. The van der Waals surface area contributed by atoms with E-state index >= 15 is 0 Å². The highest BCUT2D eigenvalue weighted by molar-refractivity contribution is 7.99. The van der Waals surface area contributed by atoms with Crippen molar-refractivity contribution in [2.24, 2.45) is 0 Å². The number of rotatable bonds is 10. The number of benzene rings is 3. The number of nitrogens with zero attached hydrogens (tertiary/aromatic N) is 4. The Balaban J connectivity index is 1.48. The van der Waals surface area contributed by atoms with E-state index in [1.54, 1.807) is 49.6 Å². The molecular formula is C26H23N5O4S. The summed E-state index contributed by atoms with van der Waals surface area (Å²) in [6, 6.07) is 23.7. The quantitative estimate of drug-likeness (QED) is 0.317. The molecule has 3 aromatic carbocycles. The molecule has 36 heavy (non-hydrogen) atoms. The molecule has 1 N–H and O–H groups in total. The molecule has 182 valence electrons. The van der Waals surface area contributed by atoms with Crippen molar-refractivity contribution in [3.05, 3.63) is 84.2 Å². The van der Waals surface area contributed by atoms with E-state index in [-0.39, 0.29) is 18.3 Å². The van der Waals surface area contributed by atoms with E-state index in [9.17, 15) is 4.79 Å². The third kappa shape index (κ3) is 5.95. The zero-order chi connectivity index (χ0) is 25.3. The Kier molecular flexibility index (Phi) is 8.05. The molecule has 4 aromatic rings. The van der Waals surface area contributed by atoms with Crippen LogP contribution in [0.25, 0.3) is 5.69 Å². The fraction of sp³-hybridized carbons (Fsp3) is 0.154. The maximum absolute atomic E-state index is 12.7. The highest BCUT2D eigenvalue weighted by Gasteiger charge is 2.17. The van der Waals surface area contributed by atoms with Crippen LogP contribution in [0.3, 0.4) is 0 Å². The number of hydrogen-bond donors (Lipinski definition) is 1. The summed E-state index contributed by atoms with van der Waals surface area (Å²) in [6.45, 7) is 0.156. The lowest BCUT2D eigenvalue weighted by Crippen LogP contribution is -2.15. The zero-order valence-electron chi connectivity index (χ0n) is 19.7. The first-order chi connectivity index (χ1) is 17.6. The van der Waals surface area contributed by atoms with Gasteiger partial charge in [-0.15, -0.1) is 10.2 Å². The normalized spacial score (nSPS) is 10.4. The van der Waals surface area contributed by atoms with Crippen molar-refractivity contribution in [1.82, 2.24) is 14.8 Å². The number of nitrogens with one attached hydrogen (secondary N) is 1. The number of thioether (sulfide) groups is 1. The summed E-state index contributed by atoms with van der Waals surface area (Å²) in [5.41, 5.74) is 1.95. The van der Waals surface area contributed by atoms with Crippen molar-refractivity contribution in [1.29, 1.82) is 5.26 Å². The molecular weight excluding hydrogens is 478 g/mol. The van der Waals surface area contributed by atoms with Gasteiger partial charge in [-0.25, -0.2) is 0 Å². The molecule has 0 radical (unpaired) electrons. The highest BCUT2D eigenvalue weighted by atomic mass is 32.2. The molecule has 0 spiro atoms. The summed E-state index contributed by atoms with van der Waals surface area (Å²) in [5, 5.41) is 21.0. The van der Waals surface area contributed by atoms with Crippen LogP contribution in [0.1, 0.15) is 11.4 Å². The van der Waals surface area contributed by atoms with Gasteiger partial charge in [0.1, 0.15) is 23.9 Å². The van der Waals surface area contributed by atoms with Crippen LogP contribution < -0.4 is 19.5 Å². The van der Waals surface area contributed by atoms with Crippen molar-refractivity contribution in [2.75, 3.05) is 25.3 Å². The molecule has 0 bridgehead atoms. The lowest BCUT2D eigenvalue weighted by molar-refractivity contribution is -0.113. The molecule has 0 saturated heterocycles. The third-order valence-electron chi connectivity index (χ3n) is 5.08. The van der Waals surface area contributed by atoms with Crippen LogP contribution in [-0.4, -0.2) is 40.6 Å². The SMILES string of the molecule is COc1ccc(NC(=O)CSc2nnc(COc3ccc(C#N)cc3)n2-c2ccccc2)c(OC)c1. The average Bonchev–Trinajstić information content (AvgIpc) is 3.34.